The summed E-state index contributed by atoms with van der Waals surface area (Å²) in [5, 5.41) is 11.9. The maximum absolute atomic E-state index is 13.0. The summed E-state index contributed by atoms with van der Waals surface area (Å²) in [5.41, 5.74) is 2.45. The average Bonchev–Trinajstić information content (AvgIpc) is 2.93. The summed E-state index contributed by atoms with van der Waals surface area (Å²) in [6.07, 6.45) is 0.841. The van der Waals surface area contributed by atoms with E-state index in [1.54, 1.807) is 0 Å². The van der Waals surface area contributed by atoms with Gasteiger partial charge in [-0.2, -0.15) is 0 Å². The van der Waals surface area contributed by atoms with E-state index in [0.717, 1.165) is 23.3 Å². The van der Waals surface area contributed by atoms with Crippen molar-refractivity contribution in [3.63, 3.8) is 0 Å². The molecule has 3 aromatic rings. The number of thioether (sulfide) groups is 1. The number of aryl methyl sites for hydroxylation is 1. The molecule has 0 saturated carbocycles. The van der Waals surface area contributed by atoms with Gasteiger partial charge in [0, 0.05) is 24.7 Å². The van der Waals surface area contributed by atoms with Crippen LogP contribution in [-0.2, 0) is 11.8 Å². The topological polar surface area (TPSA) is 78.3 Å². The normalized spacial score (nSPS) is 13.0. The molecule has 9 heteroatoms. The first-order valence-corrected chi connectivity index (χ1v) is 10.5. The number of halogens is 1. The minimum atomic E-state index is -0.348. The number of fused-ring (bicyclic) bond motifs is 1. The third-order valence-corrected chi connectivity index (χ3v) is 5.65. The van der Waals surface area contributed by atoms with E-state index in [4.69, 9.17) is 9.47 Å². The second-order valence-electron chi connectivity index (χ2n) is 6.87. The summed E-state index contributed by atoms with van der Waals surface area (Å²) >= 11 is 1.28. The maximum Gasteiger partial charge on any atom is 0.234 e. The summed E-state index contributed by atoms with van der Waals surface area (Å²) in [7, 11) is 1.86. The summed E-state index contributed by atoms with van der Waals surface area (Å²) in [5.74, 6) is 1.72. The molecule has 2 aromatic carbocycles. The quantitative estimate of drug-likeness (QED) is 0.623. The fourth-order valence-electron chi connectivity index (χ4n) is 3.09. The Bertz CT molecular complexity index is 1070. The van der Waals surface area contributed by atoms with Crippen molar-refractivity contribution in [3.8, 4) is 22.9 Å². The average molecular weight is 428 g/mol. The molecule has 0 radical (unpaired) electrons. The molecule has 0 bridgehead atoms. The number of ether oxygens (including phenoxy) is 2. The van der Waals surface area contributed by atoms with Crippen LogP contribution in [0.15, 0.2) is 41.6 Å². The predicted molar refractivity (Wildman–Crippen MR) is 113 cm³/mol. The number of hydrogen-bond acceptors (Lipinski definition) is 6. The van der Waals surface area contributed by atoms with Crippen molar-refractivity contribution in [2.45, 2.75) is 18.5 Å². The Balaban J connectivity index is 1.47. The largest absolute Gasteiger partial charge is 0.490 e. The molecule has 30 heavy (non-hydrogen) atoms. The number of carbonyl (C=O) groups is 1. The molecule has 1 aliphatic heterocycles. The number of anilines is 1. The van der Waals surface area contributed by atoms with Crippen LogP contribution in [0.5, 0.6) is 11.5 Å². The lowest BCUT2D eigenvalue weighted by Crippen LogP contribution is -2.14. The Morgan fingerprint density at radius 3 is 2.60 bits per heavy atom. The van der Waals surface area contributed by atoms with Crippen LogP contribution in [0.2, 0.25) is 0 Å². The molecule has 0 spiro atoms. The minimum Gasteiger partial charge on any atom is -0.490 e. The third-order valence-electron chi connectivity index (χ3n) is 4.63. The van der Waals surface area contributed by atoms with Crippen molar-refractivity contribution in [3.05, 3.63) is 47.8 Å². The molecule has 0 aliphatic carbocycles. The van der Waals surface area contributed by atoms with Gasteiger partial charge in [0.25, 0.3) is 0 Å². The first-order chi connectivity index (χ1) is 14.5. The Labute approximate surface area is 177 Å². The molecule has 0 unspecified atom stereocenters. The van der Waals surface area contributed by atoms with Gasteiger partial charge in [-0.05, 0) is 48.9 Å². The molecular formula is C21H21FN4O3S. The van der Waals surface area contributed by atoms with Crippen LogP contribution >= 0.6 is 11.8 Å². The van der Waals surface area contributed by atoms with E-state index in [1.807, 2.05) is 30.7 Å². The number of nitrogens with zero attached hydrogens (tertiary/aromatic N) is 3. The number of nitrogens with one attached hydrogen (secondary N) is 1. The summed E-state index contributed by atoms with van der Waals surface area (Å²) in [6, 6.07) is 9.52. The standard InChI is InChI=1S/C21H21FN4O3S/c1-13-10-17-18(29-9-3-8-28-17)11-16(13)20-24-25-21(26(20)2)30-12-19(27)23-15-6-4-14(22)5-7-15/h4-7,10-11H,3,8-9,12H2,1-2H3,(H,23,27). The molecule has 156 valence electrons. The van der Waals surface area contributed by atoms with E-state index in [2.05, 4.69) is 15.5 Å². The van der Waals surface area contributed by atoms with Crippen molar-refractivity contribution in [2.75, 3.05) is 24.3 Å². The molecule has 2 heterocycles. The van der Waals surface area contributed by atoms with Crippen LogP contribution < -0.4 is 14.8 Å². The predicted octanol–water partition coefficient (Wildman–Crippen LogP) is 3.82. The summed E-state index contributed by atoms with van der Waals surface area (Å²) < 4.78 is 26.4. The molecule has 7 nitrogen and oxygen atoms in total. The van der Waals surface area contributed by atoms with E-state index < -0.39 is 0 Å². The lowest BCUT2D eigenvalue weighted by molar-refractivity contribution is -0.113. The Morgan fingerprint density at radius 2 is 1.87 bits per heavy atom. The number of benzene rings is 2. The fourth-order valence-corrected chi connectivity index (χ4v) is 3.80. The molecule has 0 fully saturated rings. The van der Waals surface area contributed by atoms with Crippen molar-refractivity contribution < 1.29 is 18.7 Å². The van der Waals surface area contributed by atoms with Gasteiger partial charge in [0.1, 0.15) is 5.82 Å². The van der Waals surface area contributed by atoms with Crippen LogP contribution in [0.25, 0.3) is 11.4 Å². The van der Waals surface area contributed by atoms with Gasteiger partial charge in [-0.15, -0.1) is 10.2 Å². The number of carbonyl (C=O) groups excluding carboxylic acids is 1. The molecule has 1 N–H and O–H groups in total. The number of rotatable bonds is 5. The summed E-state index contributed by atoms with van der Waals surface area (Å²) in [4.78, 5) is 12.2. The molecule has 4 rings (SSSR count). The molecule has 1 aromatic heterocycles. The smallest absolute Gasteiger partial charge is 0.234 e. The molecule has 1 aliphatic rings. The van der Waals surface area contributed by atoms with Gasteiger partial charge in [-0.25, -0.2) is 4.39 Å². The van der Waals surface area contributed by atoms with Crippen molar-refractivity contribution in [1.82, 2.24) is 14.8 Å². The van der Waals surface area contributed by atoms with Crippen LogP contribution in [-0.4, -0.2) is 39.6 Å². The fraction of sp³-hybridized carbons (Fsp3) is 0.286. The third kappa shape index (κ3) is 4.40. The number of hydrogen-bond donors (Lipinski definition) is 1. The van der Waals surface area contributed by atoms with E-state index in [9.17, 15) is 9.18 Å². The highest BCUT2D eigenvalue weighted by atomic mass is 32.2. The van der Waals surface area contributed by atoms with E-state index >= 15 is 0 Å². The van der Waals surface area contributed by atoms with Gasteiger partial charge in [-0.1, -0.05) is 11.8 Å². The SMILES string of the molecule is Cc1cc2c(cc1-c1nnc(SCC(=O)Nc3ccc(F)cc3)n1C)OCCCO2. The zero-order valence-electron chi connectivity index (χ0n) is 16.6. The second kappa shape index (κ2) is 8.74. The highest BCUT2D eigenvalue weighted by Crippen LogP contribution is 2.37. The van der Waals surface area contributed by atoms with Gasteiger partial charge in [0.2, 0.25) is 5.91 Å². The van der Waals surface area contributed by atoms with Gasteiger partial charge < -0.3 is 19.4 Å². The van der Waals surface area contributed by atoms with Crippen molar-refractivity contribution in [1.29, 1.82) is 0 Å². The van der Waals surface area contributed by atoms with Crippen LogP contribution in [0.4, 0.5) is 10.1 Å². The van der Waals surface area contributed by atoms with Gasteiger partial charge in [0.15, 0.2) is 22.5 Å². The van der Waals surface area contributed by atoms with E-state index in [-0.39, 0.29) is 17.5 Å². The number of amides is 1. The Kier molecular flexibility index (Phi) is 5.89. The minimum absolute atomic E-state index is 0.156. The zero-order valence-corrected chi connectivity index (χ0v) is 17.5. The van der Waals surface area contributed by atoms with Gasteiger partial charge in [-0.3, -0.25) is 4.79 Å². The highest BCUT2D eigenvalue weighted by Gasteiger charge is 2.19. The molecule has 0 atom stereocenters. The summed E-state index contributed by atoms with van der Waals surface area (Å²) in [6.45, 7) is 3.23. The lowest BCUT2D eigenvalue weighted by atomic mass is 10.1. The first-order valence-electron chi connectivity index (χ1n) is 9.49. The van der Waals surface area contributed by atoms with Gasteiger partial charge >= 0.3 is 0 Å². The molecule has 1 amide bonds. The highest BCUT2D eigenvalue weighted by molar-refractivity contribution is 7.99. The second-order valence-corrected chi connectivity index (χ2v) is 7.82. The number of aromatic nitrogens is 3. The Morgan fingerprint density at radius 1 is 1.17 bits per heavy atom. The van der Waals surface area contributed by atoms with E-state index in [1.165, 1.54) is 36.0 Å². The Hall–Kier alpha value is -3.07. The molecular weight excluding hydrogens is 407 g/mol. The van der Waals surface area contributed by atoms with Crippen LogP contribution in [0, 0.1) is 12.7 Å². The van der Waals surface area contributed by atoms with Crippen LogP contribution in [0.1, 0.15) is 12.0 Å². The molecule has 0 saturated heterocycles. The van der Waals surface area contributed by atoms with Crippen LogP contribution in [0.3, 0.4) is 0 Å². The van der Waals surface area contributed by atoms with E-state index in [0.29, 0.717) is 35.6 Å². The van der Waals surface area contributed by atoms with Gasteiger partial charge in [0.05, 0.1) is 19.0 Å². The zero-order chi connectivity index (χ0) is 21.1. The maximum atomic E-state index is 13.0. The monoisotopic (exact) mass is 428 g/mol. The van der Waals surface area contributed by atoms with Crippen molar-refractivity contribution >= 4 is 23.4 Å². The van der Waals surface area contributed by atoms with Crippen molar-refractivity contribution in [2.24, 2.45) is 7.05 Å². The lowest BCUT2D eigenvalue weighted by Gasteiger charge is -2.12. The first kappa shape index (κ1) is 20.2.